The molecule has 2 fully saturated rings. The Hall–Kier alpha value is -0.590. The predicted octanol–water partition coefficient (Wildman–Crippen LogP) is 2.18. The highest BCUT2D eigenvalue weighted by molar-refractivity contribution is 5.87. The van der Waals surface area contributed by atoms with Crippen molar-refractivity contribution in [1.29, 1.82) is 0 Å². The van der Waals surface area contributed by atoms with E-state index in [0.29, 0.717) is 17.6 Å². The predicted molar refractivity (Wildman–Crippen MR) is 44.1 cm³/mol. The standard InChI is InChI=1S/C10H14O/c1-2-3-7-4-5-8-6-9(8)10(7)11/h2,7-9H,1,3-6H2/t7-,8-,9+/m1/s1. The second kappa shape index (κ2) is 2.47. The van der Waals surface area contributed by atoms with Crippen molar-refractivity contribution in [1.82, 2.24) is 0 Å². The molecule has 0 amide bonds. The third-order valence-corrected chi connectivity index (χ3v) is 3.03. The van der Waals surface area contributed by atoms with Gasteiger partial charge >= 0.3 is 0 Å². The fraction of sp³-hybridized carbons (Fsp3) is 0.700. The molecule has 1 heteroatoms. The normalized spacial score (nSPS) is 41.5. The zero-order chi connectivity index (χ0) is 7.84. The molecule has 0 heterocycles. The monoisotopic (exact) mass is 150 g/mol. The van der Waals surface area contributed by atoms with Gasteiger partial charge in [-0.05, 0) is 31.6 Å². The molecular weight excluding hydrogens is 136 g/mol. The van der Waals surface area contributed by atoms with Crippen molar-refractivity contribution >= 4 is 5.78 Å². The molecule has 3 atom stereocenters. The van der Waals surface area contributed by atoms with E-state index in [9.17, 15) is 4.79 Å². The van der Waals surface area contributed by atoms with Gasteiger partial charge in [0.25, 0.3) is 0 Å². The third kappa shape index (κ3) is 1.13. The summed E-state index contributed by atoms with van der Waals surface area (Å²) in [6.45, 7) is 3.68. The molecular formula is C10H14O. The van der Waals surface area contributed by atoms with Gasteiger partial charge in [0.15, 0.2) is 0 Å². The Kier molecular flexibility index (Phi) is 1.59. The van der Waals surface area contributed by atoms with Crippen LogP contribution in [0.25, 0.3) is 0 Å². The van der Waals surface area contributed by atoms with E-state index in [1.165, 1.54) is 12.8 Å². The maximum absolute atomic E-state index is 11.5. The van der Waals surface area contributed by atoms with Gasteiger partial charge in [-0.15, -0.1) is 6.58 Å². The molecule has 60 valence electrons. The van der Waals surface area contributed by atoms with Crippen molar-refractivity contribution in [3.05, 3.63) is 12.7 Å². The van der Waals surface area contributed by atoms with E-state index in [1.54, 1.807) is 0 Å². The van der Waals surface area contributed by atoms with E-state index in [-0.39, 0.29) is 0 Å². The van der Waals surface area contributed by atoms with Gasteiger partial charge in [-0.3, -0.25) is 4.79 Å². The number of allylic oxidation sites excluding steroid dienone is 1. The molecule has 0 aliphatic heterocycles. The van der Waals surface area contributed by atoms with Gasteiger partial charge < -0.3 is 0 Å². The molecule has 0 aromatic heterocycles. The number of carbonyl (C=O) groups is 1. The summed E-state index contributed by atoms with van der Waals surface area (Å²) in [5.41, 5.74) is 0. The van der Waals surface area contributed by atoms with Crippen LogP contribution in [0.1, 0.15) is 25.7 Å². The number of hydrogen-bond donors (Lipinski definition) is 0. The Bertz CT molecular complexity index is 195. The Labute approximate surface area is 67.5 Å². The zero-order valence-corrected chi connectivity index (χ0v) is 6.75. The Morgan fingerprint density at radius 2 is 2.36 bits per heavy atom. The van der Waals surface area contributed by atoms with Crippen LogP contribution in [0.5, 0.6) is 0 Å². The molecule has 0 aromatic rings. The summed E-state index contributed by atoms with van der Waals surface area (Å²) >= 11 is 0. The summed E-state index contributed by atoms with van der Waals surface area (Å²) in [7, 11) is 0. The van der Waals surface area contributed by atoms with Crippen LogP contribution in [0.15, 0.2) is 12.7 Å². The highest BCUT2D eigenvalue weighted by Gasteiger charge is 2.48. The summed E-state index contributed by atoms with van der Waals surface area (Å²) < 4.78 is 0. The van der Waals surface area contributed by atoms with Crippen molar-refractivity contribution in [2.75, 3.05) is 0 Å². The van der Waals surface area contributed by atoms with Crippen molar-refractivity contribution in [2.45, 2.75) is 25.7 Å². The Morgan fingerprint density at radius 3 is 3.09 bits per heavy atom. The van der Waals surface area contributed by atoms with E-state index in [2.05, 4.69) is 6.58 Å². The van der Waals surface area contributed by atoms with Crippen LogP contribution < -0.4 is 0 Å². The van der Waals surface area contributed by atoms with Crippen molar-refractivity contribution in [2.24, 2.45) is 17.8 Å². The lowest BCUT2D eigenvalue weighted by atomic mass is 9.86. The average Bonchev–Trinajstić information content (AvgIpc) is 2.75. The second-order valence-corrected chi connectivity index (χ2v) is 3.80. The molecule has 2 saturated carbocycles. The minimum absolute atomic E-state index is 0.330. The number of rotatable bonds is 2. The molecule has 0 N–H and O–H groups in total. The van der Waals surface area contributed by atoms with Crippen LogP contribution in [0.2, 0.25) is 0 Å². The summed E-state index contributed by atoms with van der Waals surface area (Å²) in [6.07, 6.45) is 6.38. The molecule has 1 nitrogen and oxygen atoms in total. The molecule has 2 rings (SSSR count). The van der Waals surface area contributed by atoms with Gasteiger partial charge in [0.1, 0.15) is 5.78 Å². The lowest BCUT2D eigenvalue weighted by Gasteiger charge is -2.17. The zero-order valence-electron chi connectivity index (χ0n) is 6.75. The fourth-order valence-corrected chi connectivity index (χ4v) is 2.21. The maximum Gasteiger partial charge on any atom is 0.139 e. The SMILES string of the molecule is C=CC[C@@H]1CC[C@@H]2C[C@@H]2C1=O. The molecule has 0 spiro atoms. The van der Waals surface area contributed by atoms with E-state index in [0.717, 1.165) is 18.8 Å². The van der Waals surface area contributed by atoms with Gasteiger partial charge in [0.2, 0.25) is 0 Å². The number of Topliss-reactive ketones (excluding diaryl/α,β-unsaturated/α-hetero) is 1. The summed E-state index contributed by atoms with van der Waals surface area (Å²) in [4.78, 5) is 11.5. The minimum Gasteiger partial charge on any atom is -0.299 e. The van der Waals surface area contributed by atoms with Gasteiger partial charge in [-0.25, -0.2) is 0 Å². The van der Waals surface area contributed by atoms with E-state index in [1.807, 2.05) is 6.08 Å². The largest absolute Gasteiger partial charge is 0.299 e. The average molecular weight is 150 g/mol. The van der Waals surface area contributed by atoms with Crippen LogP contribution in [-0.2, 0) is 4.79 Å². The lowest BCUT2D eigenvalue weighted by Crippen LogP contribution is -2.20. The number of fused-ring (bicyclic) bond motifs is 1. The Morgan fingerprint density at radius 1 is 1.55 bits per heavy atom. The Balaban J connectivity index is 1.99. The summed E-state index contributed by atoms with van der Waals surface area (Å²) in [6, 6.07) is 0. The van der Waals surface area contributed by atoms with E-state index < -0.39 is 0 Å². The van der Waals surface area contributed by atoms with Crippen molar-refractivity contribution in [3.63, 3.8) is 0 Å². The van der Waals surface area contributed by atoms with Crippen molar-refractivity contribution < 1.29 is 4.79 Å². The topological polar surface area (TPSA) is 17.1 Å². The maximum atomic E-state index is 11.5. The van der Waals surface area contributed by atoms with Crippen LogP contribution in [0.4, 0.5) is 0 Å². The molecule has 11 heavy (non-hydrogen) atoms. The summed E-state index contributed by atoms with van der Waals surface area (Å²) in [5.74, 6) is 2.11. The van der Waals surface area contributed by atoms with Gasteiger partial charge in [-0.1, -0.05) is 6.08 Å². The third-order valence-electron chi connectivity index (χ3n) is 3.03. The van der Waals surface area contributed by atoms with Crippen LogP contribution in [-0.4, -0.2) is 5.78 Å². The minimum atomic E-state index is 0.330. The molecule has 0 saturated heterocycles. The molecule has 0 unspecified atom stereocenters. The number of carbonyl (C=O) groups excluding carboxylic acids is 1. The highest BCUT2D eigenvalue weighted by atomic mass is 16.1. The molecule has 0 aromatic carbocycles. The first-order chi connectivity index (χ1) is 5.33. The van der Waals surface area contributed by atoms with Crippen LogP contribution in [0, 0.1) is 17.8 Å². The van der Waals surface area contributed by atoms with Crippen LogP contribution in [0.3, 0.4) is 0 Å². The summed E-state index contributed by atoms with van der Waals surface area (Å²) in [5, 5.41) is 0. The quantitative estimate of drug-likeness (QED) is 0.551. The van der Waals surface area contributed by atoms with Gasteiger partial charge in [0.05, 0.1) is 0 Å². The number of ketones is 1. The van der Waals surface area contributed by atoms with Gasteiger partial charge in [-0.2, -0.15) is 0 Å². The molecule has 0 radical (unpaired) electrons. The first kappa shape index (κ1) is 7.08. The smallest absolute Gasteiger partial charge is 0.139 e. The van der Waals surface area contributed by atoms with E-state index >= 15 is 0 Å². The second-order valence-electron chi connectivity index (χ2n) is 3.80. The van der Waals surface area contributed by atoms with Gasteiger partial charge in [0, 0.05) is 11.8 Å². The first-order valence-electron chi connectivity index (χ1n) is 4.47. The lowest BCUT2D eigenvalue weighted by molar-refractivity contribution is -0.125. The first-order valence-corrected chi connectivity index (χ1v) is 4.47. The van der Waals surface area contributed by atoms with Crippen molar-refractivity contribution in [3.8, 4) is 0 Å². The fourth-order valence-electron chi connectivity index (χ4n) is 2.21. The number of hydrogen-bond acceptors (Lipinski definition) is 1. The molecule has 2 aliphatic rings. The highest BCUT2D eigenvalue weighted by Crippen LogP contribution is 2.49. The molecule has 2 aliphatic carbocycles. The van der Waals surface area contributed by atoms with E-state index in [4.69, 9.17) is 0 Å². The van der Waals surface area contributed by atoms with Crippen LogP contribution >= 0.6 is 0 Å². The molecule has 0 bridgehead atoms.